The SMILES string of the molecule is COc1ccc(NC(=O)C(C)N2CCN(C(C)=O)CC2)cc1OC. The highest BCUT2D eigenvalue weighted by Crippen LogP contribution is 2.29. The van der Waals surface area contributed by atoms with Gasteiger partial charge in [-0.2, -0.15) is 0 Å². The Hall–Kier alpha value is -2.28. The van der Waals surface area contributed by atoms with Crippen LogP contribution in [-0.2, 0) is 9.59 Å². The highest BCUT2D eigenvalue weighted by atomic mass is 16.5. The van der Waals surface area contributed by atoms with Crippen molar-refractivity contribution in [3.63, 3.8) is 0 Å². The molecule has 1 N–H and O–H groups in total. The van der Waals surface area contributed by atoms with E-state index in [1.165, 1.54) is 0 Å². The van der Waals surface area contributed by atoms with Gasteiger partial charge in [-0.3, -0.25) is 14.5 Å². The summed E-state index contributed by atoms with van der Waals surface area (Å²) in [5, 5.41) is 2.90. The van der Waals surface area contributed by atoms with Gasteiger partial charge in [-0.25, -0.2) is 0 Å². The number of amides is 2. The zero-order valence-corrected chi connectivity index (χ0v) is 14.7. The van der Waals surface area contributed by atoms with Gasteiger partial charge >= 0.3 is 0 Å². The lowest BCUT2D eigenvalue weighted by Crippen LogP contribution is -2.53. The second-order valence-corrected chi connectivity index (χ2v) is 5.78. The summed E-state index contributed by atoms with van der Waals surface area (Å²) in [6.45, 7) is 6.15. The van der Waals surface area contributed by atoms with Gasteiger partial charge < -0.3 is 19.7 Å². The first-order valence-electron chi connectivity index (χ1n) is 7.98. The molecule has 0 spiro atoms. The molecule has 0 aromatic heterocycles. The molecule has 1 aliphatic heterocycles. The third kappa shape index (κ3) is 4.17. The van der Waals surface area contributed by atoms with Crippen LogP contribution in [-0.4, -0.2) is 68.1 Å². The van der Waals surface area contributed by atoms with Crippen LogP contribution in [0.15, 0.2) is 18.2 Å². The van der Waals surface area contributed by atoms with Gasteiger partial charge in [0.1, 0.15) is 0 Å². The van der Waals surface area contributed by atoms with Crippen molar-refractivity contribution >= 4 is 17.5 Å². The summed E-state index contributed by atoms with van der Waals surface area (Å²) in [4.78, 5) is 27.7. The molecular weight excluding hydrogens is 310 g/mol. The molecule has 0 radical (unpaired) electrons. The average Bonchev–Trinajstić information content (AvgIpc) is 2.60. The predicted molar refractivity (Wildman–Crippen MR) is 91.5 cm³/mol. The van der Waals surface area contributed by atoms with E-state index >= 15 is 0 Å². The lowest BCUT2D eigenvalue weighted by atomic mass is 10.2. The molecular formula is C17H25N3O4. The molecule has 132 valence electrons. The molecule has 2 amide bonds. The molecule has 1 atom stereocenters. The largest absolute Gasteiger partial charge is 0.493 e. The summed E-state index contributed by atoms with van der Waals surface area (Å²) < 4.78 is 10.4. The maximum atomic E-state index is 12.5. The number of ether oxygens (including phenoxy) is 2. The zero-order chi connectivity index (χ0) is 17.7. The second kappa shape index (κ2) is 8.01. The third-order valence-corrected chi connectivity index (χ3v) is 4.34. The van der Waals surface area contributed by atoms with Gasteiger partial charge in [0.2, 0.25) is 11.8 Å². The van der Waals surface area contributed by atoms with E-state index in [-0.39, 0.29) is 17.9 Å². The Morgan fingerprint density at radius 2 is 1.71 bits per heavy atom. The van der Waals surface area contributed by atoms with Gasteiger partial charge in [-0.15, -0.1) is 0 Å². The van der Waals surface area contributed by atoms with Crippen molar-refractivity contribution in [2.24, 2.45) is 0 Å². The summed E-state index contributed by atoms with van der Waals surface area (Å²) in [5.74, 6) is 1.18. The number of piperazine rings is 1. The molecule has 7 nitrogen and oxygen atoms in total. The Kier molecular flexibility index (Phi) is 6.03. The zero-order valence-electron chi connectivity index (χ0n) is 14.7. The fourth-order valence-corrected chi connectivity index (χ4v) is 2.75. The highest BCUT2D eigenvalue weighted by Gasteiger charge is 2.26. The number of anilines is 1. The number of carbonyl (C=O) groups excluding carboxylic acids is 2. The minimum absolute atomic E-state index is 0.0806. The van der Waals surface area contributed by atoms with Gasteiger partial charge in [0.15, 0.2) is 11.5 Å². The van der Waals surface area contributed by atoms with E-state index in [9.17, 15) is 9.59 Å². The molecule has 1 fully saturated rings. The second-order valence-electron chi connectivity index (χ2n) is 5.78. The summed E-state index contributed by atoms with van der Waals surface area (Å²) in [7, 11) is 3.12. The van der Waals surface area contributed by atoms with Gasteiger partial charge in [0, 0.05) is 44.9 Å². The lowest BCUT2D eigenvalue weighted by molar-refractivity contribution is -0.131. The fraction of sp³-hybridized carbons (Fsp3) is 0.529. The van der Waals surface area contributed by atoms with E-state index in [1.807, 2.05) is 6.92 Å². The molecule has 1 unspecified atom stereocenters. The minimum Gasteiger partial charge on any atom is -0.493 e. The first-order chi connectivity index (χ1) is 11.5. The van der Waals surface area contributed by atoms with Crippen molar-refractivity contribution in [3.05, 3.63) is 18.2 Å². The average molecular weight is 335 g/mol. The van der Waals surface area contributed by atoms with Crippen molar-refractivity contribution in [2.75, 3.05) is 45.7 Å². The summed E-state index contributed by atoms with van der Waals surface area (Å²) in [5.41, 5.74) is 0.659. The van der Waals surface area contributed by atoms with Crippen LogP contribution in [0.1, 0.15) is 13.8 Å². The first-order valence-corrected chi connectivity index (χ1v) is 7.98. The Morgan fingerprint density at radius 3 is 2.25 bits per heavy atom. The molecule has 0 saturated carbocycles. The molecule has 1 aliphatic rings. The van der Waals surface area contributed by atoms with E-state index < -0.39 is 0 Å². The van der Waals surface area contributed by atoms with E-state index in [4.69, 9.17) is 9.47 Å². The Balaban J connectivity index is 1.96. The Labute approximate surface area is 142 Å². The number of hydrogen-bond acceptors (Lipinski definition) is 5. The van der Waals surface area contributed by atoms with Crippen LogP contribution in [0.2, 0.25) is 0 Å². The molecule has 1 heterocycles. The number of rotatable bonds is 5. The van der Waals surface area contributed by atoms with Crippen molar-refractivity contribution in [2.45, 2.75) is 19.9 Å². The lowest BCUT2D eigenvalue weighted by Gasteiger charge is -2.37. The number of nitrogens with one attached hydrogen (secondary N) is 1. The smallest absolute Gasteiger partial charge is 0.241 e. The number of benzene rings is 1. The van der Waals surface area contributed by atoms with Crippen LogP contribution in [0.4, 0.5) is 5.69 Å². The summed E-state index contributed by atoms with van der Waals surface area (Å²) >= 11 is 0. The predicted octanol–water partition coefficient (Wildman–Crippen LogP) is 1.19. The number of hydrogen-bond donors (Lipinski definition) is 1. The monoisotopic (exact) mass is 335 g/mol. The van der Waals surface area contributed by atoms with Crippen LogP contribution in [0.3, 0.4) is 0 Å². The highest BCUT2D eigenvalue weighted by molar-refractivity contribution is 5.94. The molecule has 2 rings (SSSR count). The summed E-state index contributed by atoms with van der Waals surface area (Å²) in [6, 6.07) is 4.99. The van der Waals surface area contributed by atoms with Crippen LogP contribution in [0.25, 0.3) is 0 Å². The topological polar surface area (TPSA) is 71.1 Å². The quantitative estimate of drug-likeness (QED) is 0.875. The van der Waals surface area contributed by atoms with Crippen molar-refractivity contribution in [1.82, 2.24) is 9.80 Å². The molecule has 0 bridgehead atoms. The van der Waals surface area contributed by atoms with Crippen LogP contribution < -0.4 is 14.8 Å². The molecule has 24 heavy (non-hydrogen) atoms. The summed E-state index contributed by atoms with van der Waals surface area (Å²) in [6.07, 6.45) is 0. The molecule has 1 aromatic carbocycles. The van der Waals surface area contributed by atoms with Crippen molar-refractivity contribution in [3.8, 4) is 11.5 Å². The maximum absolute atomic E-state index is 12.5. The molecule has 1 aromatic rings. The fourth-order valence-electron chi connectivity index (χ4n) is 2.75. The standard InChI is InChI=1S/C17H25N3O4/c1-12(19-7-9-20(10-8-19)13(2)21)17(22)18-14-5-6-15(23-3)16(11-14)24-4/h5-6,11-12H,7-10H2,1-4H3,(H,18,22). The van der Waals surface area contributed by atoms with Crippen LogP contribution >= 0.6 is 0 Å². The van der Waals surface area contributed by atoms with E-state index in [2.05, 4.69) is 10.2 Å². The van der Waals surface area contributed by atoms with Gasteiger partial charge in [0.05, 0.1) is 20.3 Å². The third-order valence-electron chi connectivity index (χ3n) is 4.34. The van der Waals surface area contributed by atoms with E-state index in [0.29, 0.717) is 43.4 Å². The molecule has 0 aliphatic carbocycles. The van der Waals surface area contributed by atoms with Crippen molar-refractivity contribution in [1.29, 1.82) is 0 Å². The van der Waals surface area contributed by atoms with Gasteiger partial charge in [-0.05, 0) is 19.1 Å². The van der Waals surface area contributed by atoms with Crippen molar-refractivity contribution < 1.29 is 19.1 Å². The van der Waals surface area contributed by atoms with Crippen LogP contribution in [0.5, 0.6) is 11.5 Å². The normalized spacial score (nSPS) is 16.4. The molecule has 7 heteroatoms. The minimum atomic E-state index is -0.271. The number of carbonyl (C=O) groups is 2. The number of nitrogens with zero attached hydrogens (tertiary/aromatic N) is 2. The van der Waals surface area contributed by atoms with Gasteiger partial charge in [0.25, 0.3) is 0 Å². The Morgan fingerprint density at radius 1 is 1.08 bits per heavy atom. The Bertz CT molecular complexity index is 597. The maximum Gasteiger partial charge on any atom is 0.241 e. The van der Waals surface area contributed by atoms with Gasteiger partial charge in [-0.1, -0.05) is 0 Å². The molecule has 1 saturated heterocycles. The number of methoxy groups -OCH3 is 2. The van der Waals surface area contributed by atoms with Crippen LogP contribution in [0, 0.1) is 0 Å². The first kappa shape index (κ1) is 18.1. The van der Waals surface area contributed by atoms with E-state index in [0.717, 1.165) is 0 Å². The van der Waals surface area contributed by atoms with E-state index in [1.54, 1.807) is 44.2 Å².